The number of ether oxygens (including phenoxy) is 1. The summed E-state index contributed by atoms with van der Waals surface area (Å²) in [5.41, 5.74) is 0. The molecule has 0 atom stereocenters. The Labute approximate surface area is 184 Å². The topological polar surface area (TPSA) is 26.3 Å². The molecule has 2 nitrogen and oxygen atoms in total. The second-order valence-corrected chi connectivity index (χ2v) is 18.2. The van der Waals surface area contributed by atoms with Crippen LogP contribution in [0.3, 0.4) is 0 Å². The summed E-state index contributed by atoms with van der Waals surface area (Å²) in [4.78, 5) is 13.3. The number of methoxy groups -OCH3 is 1. The Hall–Kier alpha value is -2.33. The first kappa shape index (κ1) is 22.4. The van der Waals surface area contributed by atoms with Gasteiger partial charge in [0, 0.05) is 0 Å². The van der Waals surface area contributed by atoms with Gasteiger partial charge in [-0.05, 0) is 0 Å². The average Bonchev–Trinajstić information content (AvgIpc) is 2.82. The van der Waals surface area contributed by atoms with Crippen molar-refractivity contribution in [3.05, 3.63) is 101 Å². The van der Waals surface area contributed by atoms with Crippen molar-refractivity contribution in [1.29, 1.82) is 0 Å². The van der Waals surface area contributed by atoms with Crippen LogP contribution in [-0.2, 0) is 9.53 Å². The molecule has 0 aliphatic carbocycles. The Kier molecular flexibility index (Phi) is 8.32. The van der Waals surface area contributed by atoms with Gasteiger partial charge in [0.25, 0.3) is 0 Å². The summed E-state index contributed by atoms with van der Waals surface area (Å²) in [6.45, 7) is 2.20. The molecule has 0 bridgehead atoms. The maximum atomic E-state index is 13.3. The van der Waals surface area contributed by atoms with E-state index in [1.54, 1.807) is 0 Å². The molecule has 0 spiro atoms. The van der Waals surface area contributed by atoms with E-state index in [2.05, 4.69) is 85.8 Å². The van der Waals surface area contributed by atoms with Gasteiger partial charge in [-0.2, -0.15) is 0 Å². The van der Waals surface area contributed by atoms with Gasteiger partial charge in [0.15, 0.2) is 0 Å². The van der Waals surface area contributed by atoms with Crippen molar-refractivity contribution in [2.24, 2.45) is 0 Å². The Bertz CT molecular complexity index is 853. The fourth-order valence-corrected chi connectivity index (χ4v) is 18.1. The van der Waals surface area contributed by atoms with Gasteiger partial charge in [0.05, 0.1) is 0 Å². The molecule has 0 saturated carbocycles. The third-order valence-corrected chi connectivity index (χ3v) is 19.3. The van der Waals surface area contributed by atoms with Gasteiger partial charge in [-0.25, -0.2) is 0 Å². The summed E-state index contributed by atoms with van der Waals surface area (Å²) in [5, 5.41) is 0. The van der Waals surface area contributed by atoms with Crippen molar-refractivity contribution in [2.75, 3.05) is 7.11 Å². The second-order valence-electron chi connectivity index (χ2n) is 7.45. The van der Waals surface area contributed by atoms with Gasteiger partial charge < -0.3 is 0 Å². The van der Waals surface area contributed by atoms with Crippen LogP contribution in [0.4, 0.5) is 0 Å². The van der Waals surface area contributed by atoms with E-state index in [9.17, 15) is 4.79 Å². The van der Waals surface area contributed by atoms with Crippen molar-refractivity contribution in [2.45, 2.75) is 32.6 Å². The number of esters is 1. The van der Waals surface area contributed by atoms with E-state index >= 15 is 0 Å². The van der Waals surface area contributed by atoms with Gasteiger partial charge in [-0.1, -0.05) is 0 Å². The fourth-order valence-electron chi connectivity index (χ4n) is 4.17. The first-order chi connectivity index (χ1) is 14.7. The Morgan fingerprint density at radius 1 is 0.767 bits per heavy atom. The number of benzene rings is 3. The van der Waals surface area contributed by atoms with Crippen molar-refractivity contribution in [3.63, 3.8) is 0 Å². The van der Waals surface area contributed by atoms with E-state index in [1.807, 2.05) is 18.2 Å². The van der Waals surface area contributed by atoms with Gasteiger partial charge in [0.1, 0.15) is 0 Å². The summed E-state index contributed by atoms with van der Waals surface area (Å²) in [6.07, 6.45) is 6.48. The van der Waals surface area contributed by atoms with E-state index in [1.165, 1.54) is 17.8 Å². The predicted octanol–water partition coefficient (Wildman–Crippen LogP) is 4.38. The maximum absolute atomic E-state index is 13.3. The van der Waals surface area contributed by atoms with Crippen molar-refractivity contribution < 1.29 is 9.53 Å². The first-order valence-corrected chi connectivity index (χ1v) is 16.4. The summed E-state index contributed by atoms with van der Waals surface area (Å²) in [7, 11) is 1.50. The fraction of sp³-hybridized carbons (Fsp3) is 0.222. The number of carbonyl (C=O) groups excluding carboxylic acids is 1. The molecule has 0 heterocycles. The number of allylic oxidation sites excluding steroid dienone is 1. The number of carbonyl (C=O) groups is 1. The minimum atomic E-state index is -3.87. The van der Waals surface area contributed by atoms with Gasteiger partial charge in [0.2, 0.25) is 0 Å². The molecule has 3 heteroatoms. The van der Waals surface area contributed by atoms with E-state index < -0.39 is 18.4 Å². The molecule has 0 fully saturated rings. The molecular weight excluding hydrogens is 475 g/mol. The molecule has 3 aromatic rings. The number of unbranched alkanes of at least 4 members (excludes halogenated alkanes) is 3. The molecule has 30 heavy (non-hydrogen) atoms. The van der Waals surface area contributed by atoms with E-state index in [4.69, 9.17) is 4.74 Å². The quantitative estimate of drug-likeness (QED) is 0.187. The molecule has 3 aromatic carbocycles. The zero-order valence-electron chi connectivity index (χ0n) is 17.9. The molecule has 0 aromatic heterocycles. The number of hydrogen-bond donors (Lipinski definition) is 0. The molecule has 0 amide bonds. The summed E-state index contributed by atoms with van der Waals surface area (Å²) in [5.74, 6) is -0.196. The molecule has 0 aliphatic heterocycles. The van der Waals surface area contributed by atoms with Crippen LogP contribution in [-0.4, -0.2) is 31.5 Å². The molecule has 3 rings (SSSR count). The van der Waals surface area contributed by atoms with Crippen LogP contribution in [0.25, 0.3) is 0 Å². The first-order valence-electron chi connectivity index (χ1n) is 10.7. The molecule has 0 saturated heterocycles. The summed E-state index contributed by atoms with van der Waals surface area (Å²) >= 11 is -3.87. The van der Waals surface area contributed by atoms with Crippen LogP contribution in [0.5, 0.6) is 0 Å². The molecule has 0 unspecified atom stereocenters. The SMILES string of the molecule is CCCCC/C=[C](/C(=O)OC)[Sn]([c]1ccccc1)([c]1ccccc1)[c]1ccccc1. The van der Waals surface area contributed by atoms with Crippen LogP contribution < -0.4 is 10.7 Å². The third-order valence-electron chi connectivity index (χ3n) is 5.59. The van der Waals surface area contributed by atoms with Crippen LogP contribution in [0.2, 0.25) is 0 Å². The van der Waals surface area contributed by atoms with Crippen LogP contribution in [0, 0.1) is 0 Å². The minimum absolute atomic E-state index is 0.196. The molecule has 0 N–H and O–H groups in total. The van der Waals surface area contributed by atoms with E-state index in [-0.39, 0.29) is 5.97 Å². The standard InChI is InChI=1S/C9H15O2.3C6H5.Sn/c1-3-4-5-6-7-8-9(10)11-2;3*1-2-4-6-5-3-1;/h7H,3-6H2,1-2H3;3*1-5H;. The second kappa shape index (κ2) is 11.2. The number of rotatable bonds is 9. The number of hydrogen-bond acceptors (Lipinski definition) is 2. The molecule has 154 valence electrons. The summed E-state index contributed by atoms with van der Waals surface area (Å²) < 4.78 is 10.0. The Morgan fingerprint density at radius 2 is 1.20 bits per heavy atom. The van der Waals surface area contributed by atoms with Crippen LogP contribution in [0.15, 0.2) is 101 Å². The molecule has 0 radical (unpaired) electrons. The zero-order valence-corrected chi connectivity index (χ0v) is 20.7. The van der Waals surface area contributed by atoms with Crippen molar-refractivity contribution >= 4 is 35.1 Å². The zero-order chi connectivity index (χ0) is 21.2. The van der Waals surface area contributed by atoms with Gasteiger partial charge >= 0.3 is 185 Å². The van der Waals surface area contributed by atoms with Crippen molar-refractivity contribution in [1.82, 2.24) is 0 Å². The summed E-state index contributed by atoms with van der Waals surface area (Å²) in [6, 6.07) is 31.8. The average molecular weight is 505 g/mol. The van der Waals surface area contributed by atoms with Crippen LogP contribution >= 0.6 is 0 Å². The van der Waals surface area contributed by atoms with Crippen LogP contribution in [0.1, 0.15) is 32.6 Å². The molecule has 0 aliphatic rings. The Morgan fingerprint density at radius 3 is 1.57 bits per heavy atom. The van der Waals surface area contributed by atoms with Gasteiger partial charge in [-0.15, -0.1) is 0 Å². The van der Waals surface area contributed by atoms with E-state index in [0.717, 1.165) is 29.3 Å². The predicted molar refractivity (Wildman–Crippen MR) is 128 cm³/mol. The van der Waals surface area contributed by atoms with Gasteiger partial charge in [-0.3, -0.25) is 0 Å². The van der Waals surface area contributed by atoms with E-state index in [0.29, 0.717) is 0 Å². The normalized spacial score (nSPS) is 11.9. The monoisotopic (exact) mass is 506 g/mol. The third kappa shape index (κ3) is 4.70. The molecular formula is C27H30O2Sn. The van der Waals surface area contributed by atoms with Crippen molar-refractivity contribution in [3.8, 4) is 0 Å². The Balaban J connectivity index is 2.35.